The van der Waals surface area contributed by atoms with Gasteiger partial charge in [0.1, 0.15) is 0 Å². The number of nitrogens with two attached hydrogens (primary N) is 1. The van der Waals surface area contributed by atoms with Crippen molar-refractivity contribution in [3.05, 3.63) is 65.7 Å². The van der Waals surface area contributed by atoms with Gasteiger partial charge in [-0.05, 0) is 36.2 Å². The number of hydrogen-bond donors (Lipinski definition) is 1. The van der Waals surface area contributed by atoms with E-state index in [2.05, 4.69) is 4.90 Å². The molecule has 6 nitrogen and oxygen atoms in total. The van der Waals surface area contributed by atoms with Crippen molar-refractivity contribution in [2.45, 2.75) is 19.0 Å². The summed E-state index contributed by atoms with van der Waals surface area (Å²) in [6, 6.07) is 17.2. The quantitative estimate of drug-likeness (QED) is 0.832. The van der Waals surface area contributed by atoms with Gasteiger partial charge in [-0.25, -0.2) is 0 Å². The van der Waals surface area contributed by atoms with Crippen LogP contribution in [-0.4, -0.2) is 60.4 Å². The minimum absolute atomic E-state index is 0. The normalized spacial score (nSPS) is 19.9. The first-order valence-corrected chi connectivity index (χ1v) is 9.86. The third kappa shape index (κ3) is 4.45. The van der Waals surface area contributed by atoms with Gasteiger partial charge in [0.2, 0.25) is 5.91 Å². The first-order chi connectivity index (χ1) is 13.7. The summed E-state index contributed by atoms with van der Waals surface area (Å²) in [5.74, 6) is 0.218. The highest BCUT2D eigenvalue weighted by Gasteiger charge is 2.38. The van der Waals surface area contributed by atoms with E-state index in [9.17, 15) is 9.59 Å². The molecule has 0 saturated carbocycles. The molecule has 2 heterocycles. The van der Waals surface area contributed by atoms with Crippen molar-refractivity contribution >= 4 is 29.9 Å². The van der Waals surface area contributed by atoms with Gasteiger partial charge in [-0.15, -0.1) is 12.4 Å². The summed E-state index contributed by atoms with van der Waals surface area (Å²) in [6.07, 6.45) is 0.836. The molecule has 1 atom stereocenters. The summed E-state index contributed by atoms with van der Waals surface area (Å²) in [7, 11) is 0. The Bertz CT molecular complexity index is 836. The summed E-state index contributed by atoms with van der Waals surface area (Å²) < 4.78 is 0. The molecule has 29 heavy (non-hydrogen) atoms. The van der Waals surface area contributed by atoms with E-state index in [1.807, 2.05) is 64.4 Å². The second-order valence-electron chi connectivity index (χ2n) is 7.36. The number of hydrogen-bond acceptors (Lipinski definition) is 4. The number of rotatable bonds is 4. The van der Waals surface area contributed by atoms with Crippen LogP contribution in [0.3, 0.4) is 0 Å². The van der Waals surface area contributed by atoms with Crippen molar-refractivity contribution in [1.82, 2.24) is 9.80 Å². The Morgan fingerprint density at radius 3 is 2.21 bits per heavy atom. The molecule has 2 aliphatic heterocycles. The van der Waals surface area contributed by atoms with Crippen molar-refractivity contribution in [3.63, 3.8) is 0 Å². The van der Waals surface area contributed by atoms with Crippen molar-refractivity contribution in [2.75, 3.05) is 37.6 Å². The van der Waals surface area contributed by atoms with Crippen LogP contribution < -0.4 is 10.6 Å². The zero-order chi connectivity index (χ0) is 19.5. The first kappa shape index (κ1) is 21.3. The fourth-order valence-corrected chi connectivity index (χ4v) is 4.07. The SMILES string of the molecule is Cl.NCc1ccc(C(=O)N2CCN(C3CCN(c4ccccc4)C3=O)CC2)cc1. The molecule has 2 saturated heterocycles. The molecule has 1 unspecified atom stereocenters. The average Bonchev–Trinajstić information content (AvgIpc) is 3.15. The van der Waals surface area contributed by atoms with E-state index in [4.69, 9.17) is 5.73 Å². The van der Waals surface area contributed by atoms with Gasteiger partial charge in [-0.1, -0.05) is 30.3 Å². The van der Waals surface area contributed by atoms with Gasteiger partial charge in [0.05, 0.1) is 6.04 Å². The Labute approximate surface area is 177 Å². The van der Waals surface area contributed by atoms with Crippen LogP contribution in [0.5, 0.6) is 0 Å². The van der Waals surface area contributed by atoms with Gasteiger partial charge in [0.15, 0.2) is 0 Å². The predicted octanol–water partition coefficient (Wildman–Crippen LogP) is 2.13. The summed E-state index contributed by atoms with van der Waals surface area (Å²) >= 11 is 0. The predicted molar refractivity (Wildman–Crippen MR) is 116 cm³/mol. The van der Waals surface area contributed by atoms with Crippen LogP contribution in [0.2, 0.25) is 0 Å². The largest absolute Gasteiger partial charge is 0.336 e. The highest BCUT2D eigenvalue weighted by Crippen LogP contribution is 2.25. The molecule has 4 rings (SSSR count). The van der Waals surface area contributed by atoms with E-state index >= 15 is 0 Å². The molecule has 7 heteroatoms. The second-order valence-corrected chi connectivity index (χ2v) is 7.36. The Hall–Kier alpha value is -2.41. The molecule has 154 valence electrons. The van der Waals surface area contributed by atoms with E-state index in [-0.39, 0.29) is 30.3 Å². The van der Waals surface area contributed by atoms with Crippen LogP contribution in [0.25, 0.3) is 0 Å². The number of amides is 2. The maximum absolute atomic E-state index is 12.9. The van der Waals surface area contributed by atoms with Crippen molar-refractivity contribution in [2.24, 2.45) is 5.73 Å². The molecule has 2 aromatic carbocycles. The third-order valence-corrected chi connectivity index (χ3v) is 5.72. The minimum Gasteiger partial charge on any atom is -0.336 e. The zero-order valence-electron chi connectivity index (χ0n) is 16.4. The summed E-state index contributed by atoms with van der Waals surface area (Å²) in [5.41, 5.74) is 8.29. The monoisotopic (exact) mass is 414 g/mol. The van der Waals surface area contributed by atoms with E-state index in [1.165, 1.54) is 0 Å². The molecule has 0 aliphatic carbocycles. The molecule has 0 aromatic heterocycles. The van der Waals surface area contributed by atoms with Crippen LogP contribution in [0.4, 0.5) is 5.69 Å². The van der Waals surface area contributed by atoms with Gasteiger partial charge in [-0.2, -0.15) is 0 Å². The van der Waals surface area contributed by atoms with E-state index < -0.39 is 0 Å². The van der Waals surface area contributed by atoms with Crippen LogP contribution in [0.15, 0.2) is 54.6 Å². The number of carbonyl (C=O) groups excluding carboxylic acids is 2. The number of benzene rings is 2. The smallest absolute Gasteiger partial charge is 0.253 e. The topological polar surface area (TPSA) is 69.9 Å². The molecule has 2 amide bonds. The number of halogens is 1. The summed E-state index contributed by atoms with van der Waals surface area (Å²) in [4.78, 5) is 31.6. The van der Waals surface area contributed by atoms with Crippen molar-refractivity contribution in [3.8, 4) is 0 Å². The highest BCUT2D eigenvalue weighted by atomic mass is 35.5. The fraction of sp³-hybridized carbons (Fsp3) is 0.364. The number of carbonyl (C=O) groups is 2. The summed E-state index contributed by atoms with van der Waals surface area (Å²) in [6.45, 7) is 3.97. The van der Waals surface area contributed by atoms with Gasteiger partial charge >= 0.3 is 0 Å². The fourth-order valence-electron chi connectivity index (χ4n) is 4.07. The molecular weight excluding hydrogens is 388 g/mol. The zero-order valence-corrected chi connectivity index (χ0v) is 17.2. The average molecular weight is 415 g/mol. The second kappa shape index (κ2) is 9.39. The van der Waals surface area contributed by atoms with E-state index in [1.54, 1.807) is 0 Å². The highest BCUT2D eigenvalue weighted by molar-refractivity contribution is 5.99. The van der Waals surface area contributed by atoms with E-state index in [0.29, 0.717) is 25.2 Å². The van der Waals surface area contributed by atoms with Crippen LogP contribution >= 0.6 is 12.4 Å². The van der Waals surface area contributed by atoms with Gasteiger partial charge in [-0.3, -0.25) is 14.5 Å². The maximum atomic E-state index is 12.9. The number of piperazine rings is 1. The van der Waals surface area contributed by atoms with Crippen molar-refractivity contribution < 1.29 is 9.59 Å². The lowest BCUT2D eigenvalue weighted by Gasteiger charge is -2.37. The number of para-hydroxylation sites is 1. The molecule has 2 fully saturated rings. The van der Waals surface area contributed by atoms with Gasteiger partial charge in [0.25, 0.3) is 5.91 Å². The van der Waals surface area contributed by atoms with Crippen molar-refractivity contribution in [1.29, 1.82) is 0 Å². The van der Waals surface area contributed by atoms with E-state index in [0.717, 1.165) is 37.3 Å². The Morgan fingerprint density at radius 2 is 1.59 bits per heavy atom. The molecule has 2 N–H and O–H groups in total. The lowest BCUT2D eigenvalue weighted by Crippen LogP contribution is -2.53. The number of nitrogens with zero attached hydrogens (tertiary/aromatic N) is 3. The third-order valence-electron chi connectivity index (χ3n) is 5.72. The van der Waals surface area contributed by atoms with Gasteiger partial charge in [0, 0.05) is 50.5 Å². The standard InChI is InChI=1S/C22H26N4O2.ClH/c23-16-17-6-8-18(9-7-17)21(27)25-14-12-24(13-15-25)20-10-11-26(22(20)28)19-4-2-1-3-5-19;/h1-9,20H,10-16,23H2;1H. The first-order valence-electron chi connectivity index (χ1n) is 9.86. The lowest BCUT2D eigenvalue weighted by molar-refractivity contribution is -0.122. The van der Waals surface area contributed by atoms with Gasteiger partial charge < -0.3 is 15.5 Å². The minimum atomic E-state index is -0.0821. The molecule has 2 aliphatic rings. The lowest BCUT2D eigenvalue weighted by atomic mass is 10.1. The van der Waals surface area contributed by atoms with Crippen LogP contribution in [0.1, 0.15) is 22.3 Å². The van der Waals surface area contributed by atoms with Crippen LogP contribution in [-0.2, 0) is 11.3 Å². The molecule has 0 bridgehead atoms. The molecule has 0 radical (unpaired) electrons. The molecular formula is C22H27ClN4O2. The Balaban J connectivity index is 0.00000240. The molecule has 0 spiro atoms. The van der Waals surface area contributed by atoms with Crippen LogP contribution in [0, 0.1) is 0 Å². The Kier molecular flexibility index (Phi) is 6.90. The Morgan fingerprint density at radius 1 is 0.931 bits per heavy atom. The maximum Gasteiger partial charge on any atom is 0.253 e. The summed E-state index contributed by atoms with van der Waals surface area (Å²) in [5, 5.41) is 0. The molecule has 2 aromatic rings. The number of anilines is 1.